The van der Waals surface area contributed by atoms with E-state index < -0.39 is 28.7 Å². The lowest BCUT2D eigenvalue weighted by Crippen LogP contribution is -2.32. The first-order chi connectivity index (χ1) is 13.3. The Morgan fingerprint density at radius 2 is 1.79 bits per heavy atom. The van der Waals surface area contributed by atoms with E-state index in [0.717, 1.165) is 0 Å². The summed E-state index contributed by atoms with van der Waals surface area (Å²) in [6.07, 6.45) is -0.664. The summed E-state index contributed by atoms with van der Waals surface area (Å²) >= 11 is 0. The maximum absolute atomic E-state index is 13.0. The van der Waals surface area contributed by atoms with Gasteiger partial charge in [0, 0.05) is 6.07 Å². The number of para-hydroxylation sites is 1. The first-order valence-electron chi connectivity index (χ1n) is 8.73. The number of nitro groups is 1. The molecule has 0 saturated heterocycles. The summed E-state index contributed by atoms with van der Waals surface area (Å²) in [7, 11) is 0. The van der Waals surface area contributed by atoms with Gasteiger partial charge in [-0.15, -0.1) is 0 Å². The van der Waals surface area contributed by atoms with Gasteiger partial charge in [0.15, 0.2) is 0 Å². The number of benzene rings is 2. The number of hydrogen-bond donors (Lipinski definition) is 1. The van der Waals surface area contributed by atoms with E-state index in [1.807, 2.05) is 0 Å². The first-order valence-corrected chi connectivity index (χ1v) is 8.73. The van der Waals surface area contributed by atoms with Gasteiger partial charge in [0.1, 0.15) is 5.82 Å². The lowest BCUT2D eigenvalue weighted by molar-refractivity contribution is -0.385. The predicted molar refractivity (Wildman–Crippen MR) is 99.9 cm³/mol. The Balaban J connectivity index is 2.23. The van der Waals surface area contributed by atoms with E-state index in [9.17, 15) is 24.1 Å². The Hall–Kier alpha value is -3.29. The number of nitro benzene ring substituents is 1. The van der Waals surface area contributed by atoms with Gasteiger partial charge < -0.3 is 10.1 Å². The third kappa shape index (κ3) is 6.15. The van der Waals surface area contributed by atoms with Crippen LogP contribution < -0.4 is 5.32 Å². The summed E-state index contributed by atoms with van der Waals surface area (Å²) in [6, 6.07) is 10.4. The average Bonchev–Trinajstić information content (AvgIpc) is 2.62. The van der Waals surface area contributed by atoms with Gasteiger partial charge in [0.05, 0.1) is 35.5 Å². The lowest BCUT2D eigenvalue weighted by Gasteiger charge is -2.19. The van der Waals surface area contributed by atoms with Crippen molar-refractivity contribution in [3.63, 3.8) is 0 Å². The van der Waals surface area contributed by atoms with Crippen LogP contribution in [0, 0.1) is 15.9 Å². The molecule has 8 heteroatoms. The SMILES string of the molecule is CC(C)OC(=O)C[C@@H](NC(=O)Cc1ccc(F)cc1)c1ccccc1[N+](=O)[O-]. The number of ether oxygens (including phenoxy) is 1. The molecule has 2 rings (SSSR count). The van der Waals surface area contributed by atoms with Crippen LogP contribution in [0.4, 0.5) is 10.1 Å². The van der Waals surface area contributed by atoms with Gasteiger partial charge >= 0.3 is 5.97 Å². The van der Waals surface area contributed by atoms with Crippen LogP contribution in [0.2, 0.25) is 0 Å². The topological polar surface area (TPSA) is 98.5 Å². The molecule has 0 aromatic heterocycles. The van der Waals surface area contributed by atoms with Crippen molar-refractivity contribution in [1.82, 2.24) is 5.32 Å². The van der Waals surface area contributed by atoms with E-state index in [-0.39, 0.29) is 30.2 Å². The van der Waals surface area contributed by atoms with Crippen molar-refractivity contribution >= 4 is 17.6 Å². The number of nitrogens with one attached hydrogen (secondary N) is 1. The van der Waals surface area contributed by atoms with E-state index in [1.54, 1.807) is 19.9 Å². The average molecular weight is 388 g/mol. The molecule has 1 N–H and O–H groups in total. The van der Waals surface area contributed by atoms with E-state index in [2.05, 4.69) is 5.32 Å². The number of amides is 1. The molecule has 7 nitrogen and oxygen atoms in total. The van der Waals surface area contributed by atoms with Crippen LogP contribution in [0.25, 0.3) is 0 Å². The Morgan fingerprint density at radius 1 is 1.14 bits per heavy atom. The Labute approximate surface area is 161 Å². The van der Waals surface area contributed by atoms with Crippen LogP contribution in [-0.2, 0) is 20.7 Å². The molecule has 148 valence electrons. The minimum Gasteiger partial charge on any atom is -0.463 e. The van der Waals surface area contributed by atoms with Gasteiger partial charge in [-0.1, -0.05) is 30.3 Å². The summed E-state index contributed by atoms with van der Waals surface area (Å²) in [6.45, 7) is 3.37. The molecule has 0 bridgehead atoms. The molecule has 1 atom stereocenters. The number of rotatable bonds is 8. The number of carbonyl (C=O) groups is 2. The molecule has 0 radical (unpaired) electrons. The molecular weight excluding hydrogens is 367 g/mol. The zero-order valence-corrected chi connectivity index (χ0v) is 15.6. The molecule has 2 aromatic carbocycles. The first kappa shape index (κ1) is 21.0. The van der Waals surface area contributed by atoms with Gasteiger partial charge in [0.2, 0.25) is 5.91 Å². The zero-order chi connectivity index (χ0) is 20.7. The lowest BCUT2D eigenvalue weighted by atomic mass is 10.0. The van der Waals surface area contributed by atoms with Crippen molar-refractivity contribution in [2.45, 2.75) is 38.8 Å². The molecule has 1 amide bonds. The van der Waals surface area contributed by atoms with E-state index >= 15 is 0 Å². The smallest absolute Gasteiger partial charge is 0.308 e. The second kappa shape index (κ2) is 9.59. The molecule has 0 aliphatic carbocycles. The number of carbonyl (C=O) groups excluding carboxylic acids is 2. The van der Waals surface area contributed by atoms with Crippen molar-refractivity contribution in [2.75, 3.05) is 0 Å². The summed E-state index contributed by atoms with van der Waals surface area (Å²) in [5.74, 6) is -1.45. The molecular formula is C20H21FN2O5. The minimum atomic E-state index is -0.930. The predicted octanol–water partition coefficient (Wildman–Crippen LogP) is 3.48. The molecule has 2 aromatic rings. The molecule has 0 aliphatic rings. The highest BCUT2D eigenvalue weighted by Crippen LogP contribution is 2.27. The Kier molecular flexibility index (Phi) is 7.20. The van der Waals surface area contributed by atoms with Crippen LogP contribution in [0.15, 0.2) is 48.5 Å². The van der Waals surface area contributed by atoms with Gasteiger partial charge in [0.25, 0.3) is 5.69 Å². The number of nitrogens with zero attached hydrogens (tertiary/aromatic N) is 1. The number of halogens is 1. The zero-order valence-electron chi connectivity index (χ0n) is 15.6. The van der Waals surface area contributed by atoms with Crippen LogP contribution in [0.5, 0.6) is 0 Å². The molecule has 0 saturated carbocycles. The minimum absolute atomic E-state index is 0.0589. The maximum Gasteiger partial charge on any atom is 0.308 e. The Bertz CT molecular complexity index is 852. The van der Waals surface area contributed by atoms with Crippen molar-refractivity contribution < 1.29 is 23.6 Å². The summed E-state index contributed by atoms with van der Waals surface area (Å²) in [5.41, 5.74) is 0.581. The normalized spacial score (nSPS) is 11.7. The van der Waals surface area contributed by atoms with Crippen LogP contribution in [0.1, 0.15) is 37.4 Å². The van der Waals surface area contributed by atoms with Crippen LogP contribution >= 0.6 is 0 Å². The summed E-state index contributed by atoms with van der Waals surface area (Å²) in [5, 5.41) is 14.0. The van der Waals surface area contributed by atoms with Gasteiger partial charge in [-0.05, 0) is 31.5 Å². The number of esters is 1. The third-order valence-corrected chi connectivity index (χ3v) is 3.86. The molecule has 28 heavy (non-hydrogen) atoms. The van der Waals surface area contributed by atoms with Crippen molar-refractivity contribution in [1.29, 1.82) is 0 Å². The van der Waals surface area contributed by atoms with Crippen LogP contribution in [-0.4, -0.2) is 22.9 Å². The van der Waals surface area contributed by atoms with E-state index in [0.29, 0.717) is 5.56 Å². The van der Waals surface area contributed by atoms with Crippen molar-refractivity contribution in [3.05, 3.63) is 75.6 Å². The molecule has 0 fully saturated rings. The fourth-order valence-electron chi connectivity index (χ4n) is 2.70. The van der Waals surface area contributed by atoms with E-state index in [1.165, 1.54) is 42.5 Å². The highest BCUT2D eigenvalue weighted by Gasteiger charge is 2.26. The van der Waals surface area contributed by atoms with Gasteiger partial charge in [-0.3, -0.25) is 19.7 Å². The highest BCUT2D eigenvalue weighted by atomic mass is 19.1. The summed E-state index contributed by atoms with van der Waals surface area (Å²) in [4.78, 5) is 35.3. The highest BCUT2D eigenvalue weighted by molar-refractivity contribution is 5.80. The molecule has 0 unspecified atom stereocenters. The second-order valence-electron chi connectivity index (χ2n) is 6.48. The second-order valence-corrected chi connectivity index (χ2v) is 6.48. The monoisotopic (exact) mass is 388 g/mol. The maximum atomic E-state index is 13.0. The molecule has 0 heterocycles. The Morgan fingerprint density at radius 3 is 2.39 bits per heavy atom. The van der Waals surface area contributed by atoms with Gasteiger partial charge in [-0.2, -0.15) is 0 Å². The summed E-state index contributed by atoms with van der Waals surface area (Å²) < 4.78 is 18.1. The van der Waals surface area contributed by atoms with Crippen molar-refractivity contribution in [3.8, 4) is 0 Å². The van der Waals surface area contributed by atoms with Crippen molar-refractivity contribution in [2.24, 2.45) is 0 Å². The number of hydrogen-bond acceptors (Lipinski definition) is 5. The molecule has 0 aliphatic heterocycles. The molecule has 0 spiro atoms. The van der Waals surface area contributed by atoms with E-state index in [4.69, 9.17) is 4.74 Å². The van der Waals surface area contributed by atoms with Gasteiger partial charge in [-0.25, -0.2) is 4.39 Å². The largest absolute Gasteiger partial charge is 0.463 e. The fraction of sp³-hybridized carbons (Fsp3) is 0.300. The quantitative estimate of drug-likeness (QED) is 0.424. The fourth-order valence-corrected chi connectivity index (χ4v) is 2.70. The van der Waals surface area contributed by atoms with Crippen LogP contribution in [0.3, 0.4) is 0 Å². The standard InChI is InChI=1S/C20H21FN2O5/c1-13(2)28-20(25)12-17(16-5-3-4-6-18(16)23(26)27)22-19(24)11-14-7-9-15(21)10-8-14/h3-10,13,17H,11-12H2,1-2H3,(H,22,24)/t17-/m1/s1. The third-order valence-electron chi connectivity index (χ3n) is 3.86.